The lowest BCUT2D eigenvalue weighted by Gasteiger charge is -2.31. The van der Waals surface area contributed by atoms with Crippen LogP contribution in [0.2, 0.25) is 0 Å². The van der Waals surface area contributed by atoms with Gasteiger partial charge < -0.3 is 14.8 Å². The van der Waals surface area contributed by atoms with Gasteiger partial charge in [0.2, 0.25) is 0 Å². The summed E-state index contributed by atoms with van der Waals surface area (Å²) in [5.74, 6) is -1.19. The number of nitrogens with one attached hydrogen (secondary N) is 2. The number of non-ortho nitro benzene ring substituents is 1. The number of nitro benzene ring substituents is 1. The molecule has 0 atom stereocenters. The monoisotopic (exact) mass is 393 g/mol. The molecular weight excluding hydrogens is 372 g/mol. The Balaban J connectivity index is 1.44. The lowest BCUT2D eigenvalue weighted by atomic mass is 10.1. The minimum Gasteiger partial charge on any atom is -0.360 e. The summed E-state index contributed by atoms with van der Waals surface area (Å²) in [6, 6.07) is 14.4. The van der Waals surface area contributed by atoms with Crippen LogP contribution in [-0.4, -0.2) is 52.7 Å². The van der Waals surface area contributed by atoms with Crippen molar-refractivity contribution in [3.63, 3.8) is 0 Å². The van der Waals surface area contributed by atoms with E-state index in [0.717, 1.165) is 19.6 Å². The molecule has 0 radical (unpaired) electrons. The molecule has 8 nitrogen and oxygen atoms in total. The minimum atomic E-state index is -0.636. The Hall–Kier alpha value is -3.52. The van der Waals surface area contributed by atoms with Crippen LogP contribution in [0.1, 0.15) is 15.9 Å². The molecule has 3 aromatic rings. The molecule has 1 saturated heterocycles. The predicted molar refractivity (Wildman–Crippen MR) is 107 cm³/mol. The normalized spacial score (nSPS) is 14.8. The molecule has 148 valence electrons. The first kappa shape index (κ1) is 18.8. The highest BCUT2D eigenvalue weighted by molar-refractivity contribution is 6.44. The quantitative estimate of drug-likeness (QED) is 0.294. The molecule has 1 fully saturated rings. The highest BCUT2D eigenvalue weighted by atomic mass is 16.6. The number of H-pyrrole nitrogens is 1. The van der Waals surface area contributed by atoms with Crippen molar-refractivity contribution >= 4 is 28.3 Å². The Morgan fingerprint density at radius 1 is 1.10 bits per heavy atom. The zero-order valence-electron chi connectivity index (χ0n) is 15.8. The van der Waals surface area contributed by atoms with Crippen LogP contribution in [0.25, 0.3) is 10.9 Å². The molecule has 2 aromatic carbocycles. The van der Waals surface area contributed by atoms with E-state index in [-0.39, 0.29) is 11.3 Å². The van der Waals surface area contributed by atoms with Crippen molar-refractivity contribution in [2.45, 2.75) is 6.54 Å². The van der Waals surface area contributed by atoms with Crippen LogP contribution in [0.3, 0.4) is 0 Å². The summed E-state index contributed by atoms with van der Waals surface area (Å²) in [5.41, 5.74) is 1.90. The van der Waals surface area contributed by atoms with Gasteiger partial charge in [-0.05, 0) is 6.07 Å². The maximum atomic E-state index is 12.8. The topological polar surface area (TPSA) is 101 Å². The Kier molecular flexibility index (Phi) is 5.09. The predicted octanol–water partition coefficient (Wildman–Crippen LogP) is 1.19. The largest absolute Gasteiger partial charge is 0.360 e. The Morgan fingerprint density at radius 2 is 1.83 bits per heavy atom. The fourth-order valence-corrected chi connectivity index (χ4v) is 3.76. The number of rotatable bonds is 5. The van der Waals surface area contributed by atoms with Crippen molar-refractivity contribution in [2.24, 2.45) is 0 Å². The number of benzene rings is 2. The van der Waals surface area contributed by atoms with Crippen molar-refractivity contribution in [1.82, 2.24) is 9.88 Å². The number of nitrogens with zero attached hydrogens (tertiary/aromatic N) is 2. The van der Waals surface area contributed by atoms with E-state index in [1.165, 1.54) is 28.8 Å². The summed E-state index contributed by atoms with van der Waals surface area (Å²) in [6.07, 6.45) is 1.45. The maximum Gasteiger partial charge on any atom is 0.295 e. The lowest BCUT2D eigenvalue weighted by molar-refractivity contribution is -0.917. The highest BCUT2D eigenvalue weighted by Gasteiger charge is 2.30. The van der Waals surface area contributed by atoms with E-state index in [4.69, 9.17) is 0 Å². The number of aromatic nitrogens is 1. The van der Waals surface area contributed by atoms with Gasteiger partial charge in [-0.1, -0.05) is 30.3 Å². The molecule has 2 N–H and O–H groups in total. The van der Waals surface area contributed by atoms with Gasteiger partial charge in [0.1, 0.15) is 6.54 Å². The van der Waals surface area contributed by atoms with Crippen molar-refractivity contribution < 1.29 is 19.4 Å². The summed E-state index contributed by atoms with van der Waals surface area (Å²) in [6.45, 7) is 3.45. The Labute approximate surface area is 166 Å². The summed E-state index contributed by atoms with van der Waals surface area (Å²) in [4.78, 5) is 41.9. The maximum absolute atomic E-state index is 12.8. The van der Waals surface area contributed by atoms with Crippen LogP contribution in [0, 0.1) is 10.1 Å². The second-order valence-corrected chi connectivity index (χ2v) is 7.22. The van der Waals surface area contributed by atoms with Crippen LogP contribution in [0.4, 0.5) is 5.69 Å². The summed E-state index contributed by atoms with van der Waals surface area (Å²) < 4.78 is 0. The number of hydrogen-bond donors (Lipinski definition) is 2. The molecule has 0 saturated carbocycles. The van der Waals surface area contributed by atoms with Crippen LogP contribution in [0.5, 0.6) is 0 Å². The first-order valence-electron chi connectivity index (χ1n) is 9.49. The zero-order chi connectivity index (χ0) is 20.4. The van der Waals surface area contributed by atoms with E-state index >= 15 is 0 Å². The third-order valence-corrected chi connectivity index (χ3v) is 5.37. The molecule has 2 heterocycles. The molecule has 4 rings (SSSR count). The lowest BCUT2D eigenvalue weighted by Crippen LogP contribution is -3.13. The zero-order valence-corrected chi connectivity index (χ0v) is 15.8. The highest BCUT2D eigenvalue weighted by Crippen LogP contribution is 2.24. The number of hydrogen-bond acceptors (Lipinski definition) is 4. The Bertz CT molecular complexity index is 1070. The van der Waals surface area contributed by atoms with Gasteiger partial charge in [0, 0.05) is 34.8 Å². The number of piperazine rings is 1. The third kappa shape index (κ3) is 3.88. The van der Waals surface area contributed by atoms with Crippen LogP contribution < -0.4 is 4.90 Å². The number of Topliss-reactive ketones (excluding diaryl/α,β-unsaturated/α-hetero) is 1. The smallest absolute Gasteiger partial charge is 0.295 e. The van der Waals surface area contributed by atoms with E-state index in [1.807, 2.05) is 18.2 Å². The fraction of sp³-hybridized carbons (Fsp3) is 0.238. The van der Waals surface area contributed by atoms with E-state index in [0.29, 0.717) is 24.0 Å². The molecule has 1 aliphatic heterocycles. The molecule has 1 aromatic heterocycles. The van der Waals surface area contributed by atoms with Crippen LogP contribution in [0.15, 0.2) is 54.7 Å². The molecule has 8 heteroatoms. The number of carbonyl (C=O) groups excluding carboxylic acids is 2. The average molecular weight is 393 g/mol. The number of aromatic amines is 1. The third-order valence-electron chi connectivity index (χ3n) is 5.37. The van der Waals surface area contributed by atoms with E-state index in [9.17, 15) is 19.7 Å². The standard InChI is InChI=1S/C21H20N4O4/c26-20(18-13-22-19-7-6-16(25(28)29)12-17(18)19)21(27)24-10-8-23(9-11-24)14-15-4-2-1-3-5-15/h1-7,12-13,22H,8-11,14H2/p+1. The second-order valence-electron chi connectivity index (χ2n) is 7.22. The van der Waals surface area contributed by atoms with Gasteiger partial charge in [0.15, 0.2) is 0 Å². The van der Waals surface area contributed by atoms with E-state index < -0.39 is 16.6 Å². The number of nitro groups is 1. The summed E-state index contributed by atoms with van der Waals surface area (Å²) in [7, 11) is 0. The Morgan fingerprint density at radius 3 is 2.52 bits per heavy atom. The van der Waals surface area contributed by atoms with Crippen LogP contribution >= 0.6 is 0 Å². The number of amides is 1. The van der Waals surface area contributed by atoms with Crippen LogP contribution in [-0.2, 0) is 11.3 Å². The summed E-state index contributed by atoms with van der Waals surface area (Å²) in [5, 5.41) is 11.4. The van der Waals surface area contributed by atoms with Gasteiger partial charge in [-0.2, -0.15) is 0 Å². The van der Waals surface area contributed by atoms with Gasteiger partial charge in [0.25, 0.3) is 17.4 Å². The van der Waals surface area contributed by atoms with Crippen molar-refractivity contribution in [2.75, 3.05) is 26.2 Å². The molecule has 1 amide bonds. The molecule has 29 heavy (non-hydrogen) atoms. The van der Waals surface area contributed by atoms with E-state index in [2.05, 4.69) is 17.1 Å². The van der Waals surface area contributed by atoms with Gasteiger partial charge in [-0.15, -0.1) is 0 Å². The van der Waals surface area contributed by atoms with Crippen molar-refractivity contribution in [3.8, 4) is 0 Å². The second kappa shape index (κ2) is 7.84. The summed E-state index contributed by atoms with van der Waals surface area (Å²) >= 11 is 0. The SMILES string of the molecule is O=C(C(=O)N1CC[NH+](Cc2ccccc2)CC1)c1c[nH]c2ccc([N+](=O)[O-])cc12. The molecule has 0 aliphatic carbocycles. The van der Waals surface area contributed by atoms with Gasteiger partial charge in [-0.25, -0.2) is 0 Å². The molecule has 0 spiro atoms. The first-order chi connectivity index (χ1) is 14.0. The molecule has 1 aliphatic rings. The van der Waals surface area contributed by atoms with Crippen molar-refractivity contribution in [3.05, 3.63) is 76.0 Å². The average Bonchev–Trinajstić information content (AvgIpc) is 3.17. The van der Waals surface area contributed by atoms with Gasteiger partial charge >= 0.3 is 0 Å². The number of carbonyl (C=O) groups is 2. The minimum absolute atomic E-state index is 0.114. The fourth-order valence-electron chi connectivity index (χ4n) is 3.76. The number of fused-ring (bicyclic) bond motifs is 1. The van der Waals surface area contributed by atoms with Gasteiger partial charge in [-0.3, -0.25) is 19.7 Å². The molecular formula is C21H21N4O4+. The molecule has 0 unspecified atom stereocenters. The number of ketones is 1. The van der Waals surface area contributed by atoms with Crippen molar-refractivity contribution in [1.29, 1.82) is 0 Å². The molecule has 0 bridgehead atoms. The number of quaternary nitrogens is 1. The van der Waals surface area contributed by atoms with Gasteiger partial charge in [0.05, 0.1) is 36.7 Å². The first-order valence-corrected chi connectivity index (χ1v) is 9.49. The van der Waals surface area contributed by atoms with E-state index in [1.54, 1.807) is 11.0 Å².